The third-order valence-corrected chi connectivity index (χ3v) is 9.06. The topological polar surface area (TPSA) is 95.2 Å². The highest BCUT2D eigenvalue weighted by molar-refractivity contribution is 6.12. The number of hydrogen-bond donors (Lipinski definition) is 0. The van der Waals surface area contributed by atoms with Crippen molar-refractivity contribution in [1.29, 1.82) is 21.0 Å². The lowest BCUT2D eigenvalue weighted by molar-refractivity contribution is -0.144. The van der Waals surface area contributed by atoms with Crippen LogP contribution in [0, 0.1) is 138 Å². The molecule has 5 rings (SSSR count). The van der Waals surface area contributed by atoms with Gasteiger partial charge in [0.05, 0.1) is 45.9 Å². The van der Waals surface area contributed by atoms with Gasteiger partial charge in [0.1, 0.15) is 40.5 Å². The van der Waals surface area contributed by atoms with Crippen LogP contribution in [0.4, 0.5) is 123 Å². The Hall–Kier alpha value is -7.90. The third kappa shape index (κ3) is 9.32. The second-order valence-corrected chi connectivity index (χ2v) is 13.0. The van der Waals surface area contributed by atoms with Crippen molar-refractivity contribution in [3.8, 4) is 24.3 Å². The Morgan fingerprint density at radius 1 is 0.282 bits per heavy atom. The lowest BCUT2D eigenvalue weighted by atomic mass is 9.98. The van der Waals surface area contributed by atoms with Crippen LogP contribution in [0.2, 0.25) is 0 Å². The maximum atomic E-state index is 15.0. The number of allylic oxidation sites excluding steroid dienone is 6. The number of rotatable bonds is 4. The molecule has 4 aromatic rings. The van der Waals surface area contributed by atoms with Gasteiger partial charge in [-0.3, -0.25) is 0 Å². The summed E-state index contributed by atoms with van der Waals surface area (Å²) in [6.07, 6.45) is -25.5. The number of halogens is 28. The molecule has 71 heavy (non-hydrogen) atoms. The van der Waals surface area contributed by atoms with Gasteiger partial charge in [-0.15, -0.1) is 0 Å². The number of hydrogen-bond acceptors (Lipinski definition) is 4. The van der Waals surface area contributed by atoms with E-state index in [9.17, 15) is 112 Å². The lowest BCUT2D eigenvalue weighted by Crippen LogP contribution is -2.17. The van der Waals surface area contributed by atoms with Crippen molar-refractivity contribution in [3.63, 3.8) is 0 Å². The molecule has 0 atom stereocenters. The van der Waals surface area contributed by atoms with E-state index in [1.54, 1.807) is 0 Å². The van der Waals surface area contributed by atoms with Crippen LogP contribution in [-0.2, 0) is 31.1 Å². The van der Waals surface area contributed by atoms with Crippen LogP contribution in [0.5, 0.6) is 0 Å². The number of alkyl halides is 12. The van der Waals surface area contributed by atoms with E-state index in [2.05, 4.69) is 0 Å². The Morgan fingerprint density at radius 3 is 0.592 bits per heavy atom. The smallest absolute Gasteiger partial charge is 0.203 e. The maximum Gasteiger partial charge on any atom is 0.422 e. The molecule has 0 unspecified atom stereocenters. The molecule has 0 aliphatic heterocycles. The quantitative estimate of drug-likeness (QED) is 0.116. The van der Waals surface area contributed by atoms with Gasteiger partial charge < -0.3 is 0 Å². The molecule has 1 aliphatic carbocycles. The fraction of sp³-hybridized carbons (Fsp3) is 0.128. The van der Waals surface area contributed by atoms with Gasteiger partial charge in [0, 0.05) is 22.3 Å². The molecule has 374 valence electrons. The fourth-order valence-electron chi connectivity index (χ4n) is 6.11. The largest absolute Gasteiger partial charge is 0.422 e. The minimum Gasteiger partial charge on any atom is -0.203 e. The van der Waals surface area contributed by atoms with Crippen LogP contribution in [0.3, 0.4) is 0 Å². The summed E-state index contributed by atoms with van der Waals surface area (Å²) in [6.45, 7) is 0. The van der Waals surface area contributed by atoms with Crippen molar-refractivity contribution in [3.05, 3.63) is 154 Å². The maximum absolute atomic E-state index is 15.0. The van der Waals surface area contributed by atoms with E-state index in [4.69, 9.17) is 5.26 Å². The van der Waals surface area contributed by atoms with E-state index in [1.165, 1.54) is 6.07 Å². The van der Waals surface area contributed by atoms with Crippen molar-refractivity contribution in [2.45, 2.75) is 31.1 Å². The standard InChI is InChI=1S/C30F21N3.C9H2F7N/c31-16-10(17(32)23(38)13(22(16)37)28(43,44)45)4(1-52)7-8(5(2-53)11-18(33)24(39)14(29(46,47)48)25(40)19(11)34)9(7)6(3-54)12-20(35)26(41)15(30(49,50)51)27(42)21(12)36;10-5-3(1-2-17)6(11)8(13)4(7(5)12)9(14,15)16/h;1H2. The summed E-state index contributed by atoms with van der Waals surface area (Å²) >= 11 is 0. The minimum absolute atomic E-state index is 0.587. The second kappa shape index (κ2) is 18.8. The molecular weight excluding hydrogens is 1060 g/mol. The first-order valence-corrected chi connectivity index (χ1v) is 16.9. The Morgan fingerprint density at radius 2 is 0.451 bits per heavy atom. The molecule has 4 aromatic carbocycles. The van der Waals surface area contributed by atoms with Gasteiger partial charge in [-0.25, -0.2) is 70.2 Å². The van der Waals surface area contributed by atoms with E-state index in [-0.39, 0.29) is 0 Å². The van der Waals surface area contributed by atoms with Gasteiger partial charge in [-0.1, -0.05) is 0 Å². The first-order valence-electron chi connectivity index (χ1n) is 16.9. The second-order valence-electron chi connectivity index (χ2n) is 13.0. The first-order chi connectivity index (χ1) is 32.4. The predicted molar refractivity (Wildman–Crippen MR) is 172 cm³/mol. The molecule has 0 spiro atoms. The molecule has 1 aliphatic rings. The molecular formula is C39H2F28N4. The molecule has 0 amide bonds. The highest BCUT2D eigenvalue weighted by Crippen LogP contribution is 2.58. The molecule has 4 nitrogen and oxygen atoms in total. The number of benzene rings is 4. The summed E-state index contributed by atoms with van der Waals surface area (Å²) in [4.78, 5) is 0. The zero-order valence-corrected chi connectivity index (χ0v) is 32.1. The van der Waals surface area contributed by atoms with Gasteiger partial charge in [0.25, 0.3) is 0 Å². The number of nitrogens with zero attached hydrogens (tertiary/aromatic N) is 4. The van der Waals surface area contributed by atoms with Crippen LogP contribution in [0.15, 0.2) is 16.7 Å². The van der Waals surface area contributed by atoms with Gasteiger partial charge >= 0.3 is 24.7 Å². The summed E-state index contributed by atoms with van der Waals surface area (Å²) in [7, 11) is 0. The molecule has 0 aromatic heterocycles. The summed E-state index contributed by atoms with van der Waals surface area (Å²) in [5.41, 5.74) is -34.7. The van der Waals surface area contributed by atoms with Crippen LogP contribution in [-0.4, -0.2) is 0 Å². The van der Waals surface area contributed by atoms with Crippen molar-refractivity contribution in [2.24, 2.45) is 0 Å². The highest BCUT2D eigenvalue weighted by atomic mass is 19.4. The lowest BCUT2D eigenvalue weighted by Gasteiger charge is -2.14. The SMILES string of the molecule is N#CC(=C1C(=C(C#N)c2c(F)c(F)c(C(F)(F)F)c(F)c2F)C1=C(C#N)c1c(F)c(F)c(C(F)(F)F)c(F)c1F)c1c(F)c(F)c(C(F)(F)F)c(F)c1F.N#CCc1c(F)c(F)c(C(F)(F)F)c(F)c1F. The molecule has 0 saturated heterocycles. The molecule has 0 heterocycles. The third-order valence-electron chi connectivity index (χ3n) is 9.06. The monoisotopic (exact) mass is 1060 g/mol. The average molecular weight is 1060 g/mol. The van der Waals surface area contributed by atoms with E-state index >= 15 is 26.3 Å². The van der Waals surface area contributed by atoms with Crippen molar-refractivity contribution in [1.82, 2.24) is 0 Å². The number of nitriles is 4. The van der Waals surface area contributed by atoms with Crippen LogP contribution >= 0.6 is 0 Å². The molecule has 1 fully saturated rings. The zero-order valence-electron chi connectivity index (χ0n) is 32.1. The molecule has 0 radical (unpaired) electrons. The molecule has 1 saturated carbocycles. The Balaban J connectivity index is 0.000000543. The van der Waals surface area contributed by atoms with Gasteiger partial charge in [0.15, 0.2) is 93.1 Å². The van der Waals surface area contributed by atoms with E-state index in [0.717, 1.165) is 0 Å². The summed E-state index contributed by atoms with van der Waals surface area (Å²) in [5, 5.41) is 37.2. The first kappa shape index (κ1) is 55.7. The van der Waals surface area contributed by atoms with Gasteiger partial charge in [-0.05, 0) is 0 Å². The summed E-state index contributed by atoms with van der Waals surface area (Å²) in [5.74, 6) is -49.1. The molecule has 0 N–H and O–H groups in total. The molecule has 0 bridgehead atoms. The van der Waals surface area contributed by atoms with Gasteiger partial charge in [0.2, 0.25) is 0 Å². The van der Waals surface area contributed by atoms with Crippen molar-refractivity contribution >= 4 is 16.7 Å². The van der Waals surface area contributed by atoms with E-state index in [0.29, 0.717) is 18.2 Å². The predicted octanol–water partition coefficient (Wildman–Crippen LogP) is 14.0. The zero-order chi connectivity index (χ0) is 54.9. The van der Waals surface area contributed by atoms with Gasteiger partial charge in [-0.2, -0.15) is 73.7 Å². The van der Waals surface area contributed by atoms with Crippen LogP contribution in [0.25, 0.3) is 16.7 Å². The Bertz CT molecular complexity index is 2860. The summed E-state index contributed by atoms with van der Waals surface area (Å²) in [6, 6.07) is 2.94. The average Bonchev–Trinajstić information content (AvgIpc) is 3.96. The minimum atomic E-state index is -6.27. The highest BCUT2D eigenvalue weighted by Gasteiger charge is 2.51. The normalized spacial score (nSPS) is 12.7. The Labute approximate surface area is 370 Å². The molecule has 32 heteroatoms. The van der Waals surface area contributed by atoms with Crippen molar-refractivity contribution < 1.29 is 123 Å². The van der Waals surface area contributed by atoms with Crippen molar-refractivity contribution in [2.75, 3.05) is 0 Å². The van der Waals surface area contributed by atoms with Crippen LogP contribution in [0.1, 0.15) is 44.5 Å². The Kier molecular flexibility index (Phi) is 14.7. The fourth-order valence-corrected chi connectivity index (χ4v) is 6.11. The van der Waals surface area contributed by atoms with E-state index in [1.807, 2.05) is 0 Å². The van der Waals surface area contributed by atoms with Crippen LogP contribution < -0.4 is 0 Å². The van der Waals surface area contributed by atoms with E-state index < -0.39 is 202 Å². The summed E-state index contributed by atoms with van der Waals surface area (Å²) < 4.78 is 384.